The van der Waals surface area contributed by atoms with E-state index >= 15 is 0 Å². The summed E-state index contributed by atoms with van der Waals surface area (Å²) in [6.07, 6.45) is 1.16. The normalized spacial score (nSPS) is 40.6. The van der Waals surface area contributed by atoms with E-state index in [1.54, 1.807) is 0 Å². The van der Waals surface area contributed by atoms with Crippen LogP contribution < -0.4 is 5.73 Å². The van der Waals surface area contributed by atoms with Gasteiger partial charge >= 0.3 is 0 Å². The van der Waals surface area contributed by atoms with Crippen molar-refractivity contribution in [3.63, 3.8) is 0 Å². The molecule has 0 atom stereocenters. The lowest BCUT2D eigenvalue weighted by atomic mass is 9.96. The van der Waals surface area contributed by atoms with Gasteiger partial charge in [0.15, 0.2) is 0 Å². The van der Waals surface area contributed by atoms with Gasteiger partial charge in [-0.3, -0.25) is 4.21 Å². The van der Waals surface area contributed by atoms with Gasteiger partial charge in [0.25, 0.3) is 0 Å². The zero-order chi connectivity index (χ0) is 7.61. The lowest BCUT2D eigenvalue weighted by Crippen LogP contribution is -2.44. The molecule has 1 heterocycles. The van der Waals surface area contributed by atoms with Crippen molar-refractivity contribution in [2.75, 3.05) is 11.5 Å². The third-order valence-electron chi connectivity index (χ3n) is 1.77. The molecule has 0 aliphatic carbocycles. The summed E-state index contributed by atoms with van der Waals surface area (Å²) in [5, 5.41) is 8.56. The van der Waals surface area contributed by atoms with Crippen molar-refractivity contribution < 1.29 is 4.21 Å². The summed E-state index contributed by atoms with van der Waals surface area (Å²) in [7, 11) is -0.720. The standard InChI is InChI=1S/C6H10N2OS/c7-5-6(8)1-3-10(9)4-2-6/h1-4,8H2. The van der Waals surface area contributed by atoms with E-state index in [2.05, 4.69) is 0 Å². The molecule has 0 unspecified atom stereocenters. The first-order valence-electron chi connectivity index (χ1n) is 3.21. The molecule has 1 fully saturated rings. The van der Waals surface area contributed by atoms with Crippen molar-refractivity contribution in [1.82, 2.24) is 0 Å². The van der Waals surface area contributed by atoms with Gasteiger partial charge in [0.1, 0.15) is 5.54 Å². The Morgan fingerprint density at radius 1 is 1.50 bits per heavy atom. The van der Waals surface area contributed by atoms with Crippen LogP contribution in [0.25, 0.3) is 0 Å². The SMILES string of the molecule is N#CC1(N)CCS(=O)CC1. The number of nitriles is 1. The summed E-state index contributed by atoms with van der Waals surface area (Å²) < 4.78 is 10.8. The van der Waals surface area contributed by atoms with Crippen molar-refractivity contribution in [2.24, 2.45) is 5.73 Å². The van der Waals surface area contributed by atoms with E-state index in [1.165, 1.54) is 0 Å². The Morgan fingerprint density at radius 2 is 2.00 bits per heavy atom. The van der Waals surface area contributed by atoms with E-state index in [-0.39, 0.29) is 0 Å². The maximum absolute atomic E-state index is 10.8. The minimum absolute atomic E-state index is 0.579. The lowest BCUT2D eigenvalue weighted by Gasteiger charge is -2.25. The van der Waals surface area contributed by atoms with E-state index in [0.29, 0.717) is 24.3 Å². The van der Waals surface area contributed by atoms with E-state index < -0.39 is 16.3 Å². The average molecular weight is 158 g/mol. The predicted molar refractivity (Wildman–Crippen MR) is 39.6 cm³/mol. The molecule has 1 rings (SSSR count). The maximum atomic E-state index is 10.8. The van der Waals surface area contributed by atoms with Crippen LogP contribution in [-0.2, 0) is 10.8 Å². The zero-order valence-corrected chi connectivity index (χ0v) is 6.49. The van der Waals surface area contributed by atoms with Crippen LogP contribution in [0.2, 0.25) is 0 Å². The number of nitrogens with zero attached hydrogens (tertiary/aromatic N) is 1. The van der Waals surface area contributed by atoms with E-state index in [1.807, 2.05) is 6.07 Å². The maximum Gasteiger partial charge on any atom is 0.106 e. The van der Waals surface area contributed by atoms with Gasteiger partial charge < -0.3 is 5.73 Å². The van der Waals surface area contributed by atoms with Crippen LogP contribution in [0.5, 0.6) is 0 Å². The first-order valence-corrected chi connectivity index (χ1v) is 4.70. The van der Waals surface area contributed by atoms with Gasteiger partial charge in [0.05, 0.1) is 6.07 Å². The molecule has 0 aromatic rings. The van der Waals surface area contributed by atoms with Gasteiger partial charge in [-0.2, -0.15) is 5.26 Å². The average Bonchev–Trinajstić information content (AvgIpc) is 1.96. The Balaban J connectivity index is 2.56. The van der Waals surface area contributed by atoms with Gasteiger partial charge in [-0.15, -0.1) is 0 Å². The highest BCUT2D eigenvalue weighted by Gasteiger charge is 2.29. The first-order chi connectivity index (χ1) is 4.66. The fourth-order valence-electron chi connectivity index (χ4n) is 0.931. The lowest BCUT2D eigenvalue weighted by molar-refractivity contribution is 0.493. The molecule has 1 aliphatic rings. The van der Waals surface area contributed by atoms with Crippen LogP contribution in [0.3, 0.4) is 0 Å². The molecule has 2 N–H and O–H groups in total. The van der Waals surface area contributed by atoms with Crippen LogP contribution in [0.1, 0.15) is 12.8 Å². The van der Waals surface area contributed by atoms with Gasteiger partial charge in [0, 0.05) is 22.3 Å². The summed E-state index contributed by atoms with van der Waals surface area (Å²) >= 11 is 0. The van der Waals surface area contributed by atoms with Crippen molar-refractivity contribution in [3.8, 4) is 6.07 Å². The fraction of sp³-hybridized carbons (Fsp3) is 0.833. The van der Waals surface area contributed by atoms with Gasteiger partial charge in [-0.1, -0.05) is 0 Å². The first kappa shape index (κ1) is 7.70. The zero-order valence-electron chi connectivity index (χ0n) is 5.67. The third-order valence-corrected chi connectivity index (χ3v) is 3.09. The van der Waals surface area contributed by atoms with Crippen LogP contribution in [0.4, 0.5) is 0 Å². The highest BCUT2D eigenvalue weighted by atomic mass is 32.2. The molecule has 56 valence electrons. The Kier molecular flexibility index (Phi) is 2.07. The highest BCUT2D eigenvalue weighted by molar-refractivity contribution is 7.85. The smallest absolute Gasteiger partial charge is 0.106 e. The van der Waals surface area contributed by atoms with Gasteiger partial charge in [0.2, 0.25) is 0 Å². The molecule has 0 aromatic carbocycles. The molecule has 0 radical (unpaired) electrons. The number of hydrogen-bond acceptors (Lipinski definition) is 3. The largest absolute Gasteiger partial charge is 0.313 e. The van der Waals surface area contributed by atoms with E-state index in [9.17, 15) is 4.21 Å². The summed E-state index contributed by atoms with van der Waals surface area (Å²) in [5.41, 5.74) is 4.94. The topological polar surface area (TPSA) is 66.9 Å². The summed E-state index contributed by atoms with van der Waals surface area (Å²) in [5.74, 6) is 1.17. The second kappa shape index (κ2) is 2.69. The molecule has 0 saturated carbocycles. The van der Waals surface area contributed by atoms with Crippen LogP contribution in [-0.4, -0.2) is 21.3 Å². The van der Waals surface area contributed by atoms with Crippen LogP contribution >= 0.6 is 0 Å². The van der Waals surface area contributed by atoms with Gasteiger partial charge in [-0.25, -0.2) is 0 Å². The van der Waals surface area contributed by atoms with E-state index in [4.69, 9.17) is 11.0 Å². The second-order valence-electron chi connectivity index (χ2n) is 2.62. The summed E-state index contributed by atoms with van der Waals surface area (Å²) in [6, 6.07) is 2.04. The predicted octanol–water partition coefficient (Wildman–Crippen LogP) is -0.250. The third kappa shape index (κ3) is 1.55. The fourth-order valence-corrected chi connectivity index (χ4v) is 2.32. The Labute approximate surface area is 62.7 Å². The van der Waals surface area contributed by atoms with Crippen molar-refractivity contribution >= 4 is 10.8 Å². The molecule has 10 heavy (non-hydrogen) atoms. The minimum Gasteiger partial charge on any atom is -0.313 e. The van der Waals surface area contributed by atoms with Crippen molar-refractivity contribution in [3.05, 3.63) is 0 Å². The number of hydrogen-bond donors (Lipinski definition) is 1. The number of nitrogens with two attached hydrogens (primary N) is 1. The quantitative estimate of drug-likeness (QED) is 0.528. The minimum atomic E-state index is -0.720. The van der Waals surface area contributed by atoms with Crippen LogP contribution in [0, 0.1) is 11.3 Å². The second-order valence-corrected chi connectivity index (χ2v) is 4.31. The Bertz CT molecular complexity index is 186. The molecule has 0 spiro atoms. The molecule has 1 aliphatic heterocycles. The summed E-state index contributed by atoms with van der Waals surface area (Å²) in [6.45, 7) is 0. The summed E-state index contributed by atoms with van der Waals surface area (Å²) in [4.78, 5) is 0. The van der Waals surface area contributed by atoms with Crippen molar-refractivity contribution in [1.29, 1.82) is 5.26 Å². The monoisotopic (exact) mass is 158 g/mol. The highest BCUT2D eigenvalue weighted by Crippen LogP contribution is 2.17. The van der Waals surface area contributed by atoms with Crippen LogP contribution in [0.15, 0.2) is 0 Å². The molecule has 0 amide bonds. The number of rotatable bonds is 0. The van der Waals surface area contributed by atoms with E-state index in [0.717, 1.165) is 0 Å². The molecular formula is C6H10N2OS. The molecule has 1 saturated heterocycles. The Hall–Kier alpha value is -0.400. The molecule has 4 heteroatoms. The molecular weight excluding hydrogens is 148 g/mol. The molecule has 0 aromatic heterocycles. The molecule has 0 bridgehead atoms. The van der Waals surface area contributed by atoms with Crippen molar-refractivity contribution in [2.45, 2.75) is 18.4 Å². The molecule has 3 nitrogen and oxygen atoms in total. The van der Waals surface area contributed by atoms with Gasteiger partial charge in [-0.05, 0) is 12.8 Å². The Morgan fingerprint density at radius 3 is 2.40 bits per heavy atom.